The Bertz CT molecular complexity index is 949. The molecule has 5 nitrogen and oxygen atoms in total. The molecule has 132 valence electrons. The predicted octanol–water partition coefficient (Wildman–Crippen LogP) is 3.90. The van der Waals surface area contributed by atoms with Gasteiger partial charge in [-0.2, -0.15) is 0 Å². The van der Waals surface area contributed by atoms with Crippen molar-refractivity contribution in [2.24, 2.45) is 5.16 Å². The Morgan fingerprint density at radius 3 is 2.58 bits per heavy atom. The molecule has 0 aliphatic heterocycles. The Morgan fingerprint density at radius 2 is 1.81 bits per heavy atom. The number of ether oxygens (including phenoxy) is 1. The smallest absolute Gasteiger partial charge is 0.307 e. The van der Waals surface area contributed by atoms with E-state index in [1.807, 2.05) is 36.4 Å². The lowest BCUT2D eigenvalue weighted by Gasteiger charge is -2.10. The highest BCUT2D eigenvalue weighted by atomic mass is 16.6. The fourth-order valence-electron chi connectivity index (χ4n) is 2.71. The highest BCUT2D eigenvalue weighted by Crippen LogP contribution is 2.18. The summed E-state index contributed by atoms with van der Waals surface area (Å²) in [5.41, 5.74) is 2.25. The number of aliphatic carboxylic acids is 1. The number of benzene rings is 3. The topological polar surface area (TPSA) is 68.1 Å². The Morgan fingerprint density at radius 1 is 1.00 bits per heavy atom. The lowest BCUT2D eigenvalue weighted by Crippen LogP contribution is -2.13. The molecular weight excluding hydrogens is 330 g/mol. The Kier molecular flexibility index (Phi) is 5.49. The zero-order chi connectivity index (χ0) is 18.4. The van der Waals surface area contributed by atoms with E-state index in [1.165, 1.54) is 7.11 Å². The van der Waals surface area contributed by atoms with Gasteiger partial charge in [-0.3, -0.25) is 4.79 Å². The molecule has 0 bridgehead atoms. The normalized spacial score (nSPS) is 11.3. The molecule has 3 aromatic carbocycles. The van der Waals surface area contributed by atoms with Crippen molar-refractivity contribution < 1.29 is 19.5 Å². The van der Waals surface area contributed by atoms with E-state index in [1.54, 1.807) is 24.3 Å². The molecule has 0 radical (unpaired) electrons. The zero-order valence-electron chi connectivity index (χ0n) is 14.4. The van der Waals surface area contributed by atoms with Crippen LogP contribution in [0.4, 0.5) is 0 Å². The fraction of sp³-hybridized carbons (Fsp3) is 0.143. The van der Waals surface area contributed by atoms with Crippen LogP contribution in [0.2, 0.25) is 0 Å². The summed E-state index contributed by atoms with van der Waals surface area (Å²) in [5.74, 6) is -0.284. The van der Waals surface area contributed by atoms with Crippen molar-refractivity contribution >= 4 is 22.5 Å². The summed E-state index contributed by atoms with van der Waals surface area (Å²) >= 11 is 0. The second-order valence-electron chi connectivity index (χ2n) is 5.79. The average Bonchev–Trinajstić information content (AvgIpc) is 2.64. The van der Waals surface area contributed by atoms with Gasteiger partial charge in [0.1, 0.15) is 25.2 Å². The maximum Gasteiger partial charge on any atom is 0.307 e. The summed E-state index contributed by atoms with van der Waals surface area (Å²) in [5, 5.41) is 15.2. The monoisotopic (exact) mass is 349 g/mol. The van der Waals surface area contributed by atoms with Crippen LogP contribution in [-0.2, 0) is 16.1 Å². The van der Waals surface area contributed by atoms with Crippen LogP contribution in [0.3, 0.4) is 0 Å². The quantitative estimate of drug-likeness (QED) is 0.519. The molecule has 0 saturated carbocycles. The second-order valence-corrected chi connectivity index (χ2v) is 5.79. The van der Waals surface area contributed by atoms with Gasteiger partial charge >= 0.3 is 5.97 Å². The van der Waals surface area contributed by atoms with Crippen LogP contribution in [-0.4, -0.2) is 30.5 Å². The van der Waals surface area contributed by atoms with Crippen LogP contribution < -0.4 is 4.74 Å². The zero-order valence-corrected chi connectivity index (χ0v) is 14.4. The maximum atomic E-state index is 10.8. The van der Waals surface area contributed by atoms with Crippen molar-refractivity contribution in [2.45, 2.75) is 6.42 Å². The van der Waals surface area contributed by atoms with Gasteiger partial charge in [0.15, 0.2) is 0 Å². The van der Waals surface area contributed by atoms with Crippen LogP contribution in [0.15, 0.2) is 71.9 Å². The summed E-state index contributed by atoms with van der Waals surface area (Å²) < 4.78 is 5.81. The summed E-state index contributed by atoms with van der Waals surface area (Å²) in [7, 11) is 1.49. The van der Waals surface area contributed by atoms with Crippen molar-refractivity contribution in [3.05, 3.63) is 77.9 Å². The third-order valence-electron chi connectivity index (χ3n) is 3.91. The van der Waals surface area contributed by atoms with E-state index < -0.39 is 5.97 Å². The molecule has 0 aromatic heterocycles. The maximum absolute atomic E-state index is 10.8. The molecule has 0 aliphatic rings. The molecule has 0 unspecified atom stereocenters. The number of hydrogen-bond acceptors (Lipinski definition) is 4. The molecule has 0 fully saturated rings. The van der Waals surface area contributed by atoms with Crippen molar-refractivity contribution in [3.8, 4) is 5.75 Å². The SMILES string of the molecule is CO/N=C(\COc1cccc(CC(=O)O)c1)c1ccc2ccccc2c1. The first-order valence-electron chi connectivity index (χ1n) is 8.18. The minimum atomic E-state index is -0.875. The first-order chi connectivity index (χ1) is 12.7. The largest absolute Gasteiger partial charge is 0.487 e. The Balaban J connectivity index is 1.78. The molecule has 3 aromatic rings. The first kappa shape index (κ1) is 17.5. The van der Waals surface area contributed by atoms with E-state index in [2.05, 4.69) is 11.2 Å². The van der Waals surface area contributed by atoms with Gasteiger partial charge in [0.25, 0.3) is 0 Å². The van der Waals surface area contributed by atoms with Gasteiger partial charge in [-0.25, -0.2) is 0 Å². The number of fused-ring (bicyclic) bond motifs is 1. The third kappa shape index (κ3) is 4.39. The third-order valence-corrected chi connectivity index (χ3v) is 3.91. The molecule has 1 N–H and O–H groups in total. The standard InChI is InChI=1S/C21H19NO4/c1-25-22-20(18-10-9-16-6-2-3-7-17(16)13-18)14-26-19-8-4-5-15(11-19)12-21(23)24/h2-11,13H,12,14H2,1H3,(H,23,24)/b22-20+. The highest BCUT2D eigenvalue weighted by molar-refractivity contribution is 6.04. The summed E-state index contributed by atoms with van der Waals surface area (Å²) in [6.07, 6.45) is -0.0408. The van der Waals surface area contributed by atoms with E-state index in [4.69, 9.17) is 14.7 Å². The molecule has 5 heteroatoms. The molecule has 0 heterocycles. The number of carboxylic acids is 1. The number of carboxylic acid groups (broad SMARTS) is 1. The number of nitrogens with zero attached hydrogens (tertiary/aromatic N) is 1. The molecular formula is C21H19NO4. The Hall–Kier alpha value is -3.34. The van der Waals surface area contributed by atoms with Gasteiger partial charge in [-0.1, -0.05) is 53.7 Å². The predicted molar refractivity (Wildman–Crippen MR) is 101 cm³/mol. The van der Waals surface area contributed by atoms with Gasteiger partial charge < -0.3 is 14.7 Å². The number of carbonyl (C=O) groups is 1. The molecule has 0 aliphatic carbocycles. The summed E-state index contributed by atoms with van der Waals surface area (Å²) in [6, 6.07) is 21.2. The van der Waals surface area contributed by atoms with Crippen LogP contribution in [0.25, 0.3) is 10.8 Å². The van der Waals surface area contributed by atoms with Crippen molar-refractivity contribution in [3.63, 3.8) is 0 Å². The molecule has 3 rings (SSSR count). The van der Waals surface area contributed by atoms with Gasteiger partial charge in [0.05, 0.1) is 6.42 Å². The average molecular weight is 349 g/mol. The first-order valence-corrected chi connectivity index (χ1v) is 8.18. The number of rotatable bonds is 7. The van der Waals surface area contributed by atoms with Crippen LogP contribution in [0.5, 0.6) is 5.75 Å². The van der Waals surface area contributed by atoms with Gasteiger partial charge in [-0.15, -0.1) is 0 Å². The molecule has 0 saturated heterocycles. The lowest BCUT2D eigenvalue weighted by atomic mass is 10.0. The van der Waals surface area contributed by atoms with Crippen LogP contribution in [0.1, 0.15) is 11.1 Å². The van der Waals surface area contributed by atoms with Crippen LogP contribution >= 0.6 is 0 Å². The van der Waals surface area contributed by atoms with Crippen molar-refractivity contribution in [1.29, 1.82) is 0 Å². The lowest BCUT2D eigenvalue weighted by molar-refractivity contribution is -0.136. The van der Waals surface area contributed by atoms with E-state index in [9.17, 15) is 4.79 Å². The summed E-state index contributed by atoms with van der Waals surface area (Å²) in [4.78, 5) is 15.8. The van der Waals surface area contributed by atoms with Crippen LogP contribution in [0, 0.1) is 0 Å². The van der Waals surface area contributed by atoms with E-state index in [0.717, 1.165) is 16.3 Å². The minimum absolute atomic E-state index is 0.0408. The van der Waals surface area contributed by atoms with Gasteiger partial charge in [0.2, 0.25) is 0 Å². The highest BCUT2D eigenvalue weighted by Gasteiger charge is 2.08. The molecule has 0 spiro atoms. The Labute approximate surface area is 151 Å². The van der Waals surface area contributed by atoms with Gasteiger partial charge in [0, 0.05) is 5.56 Å². The molecule has 26 heavy (non-hydrogen) atoms. The second kappa shape index (κ2) is 8.16. The minimum Gasteiger partial charge on any atom is -0.487 e. The summed E-state index contributed by atoms with van der Waals surface area (Å²) in [6.45, 7) is 0.211. The van der Waals surface area contributed by atoms with E-state index >= 15 is 0 Å². The van der Waals surface area contributed by atoms with Crippen molar-refractivity contribution in [1.82, 2.24) is 0 Å². The number of oxime groups is 1. The van der Waals surface area contributed by atoms with E-state index in [-0.39, 0.29) is 13.0 Å². The molecule has 0 atom stereocenters. The van der Waals surface area contributed by atoms with Crippen molar-refractivity contribution in [2.75, 3.05) is 13.7 Å². The van der Waals surface area contributed by atoms with Gasteiger partial charge in [-0.05, 0) is 34.5 Å². The molecule has 0 amide bonds. The fourth-order valence-corrected chi connectivity index (χ4v) is 2.71. The van der Waals surface area contributed by atoms with E-state index in [0.29, 0.717) is 17.0 Å². The number of hydrogen-bond donors (Lipinski definition) is 1.